The zero-order chi connectivity index (χ0) is 9.84. The lowest BCUT2D eigenvalue weighted by Crippen LogP contribution is -2.10. The van der Waals surface area contributed by atoms with Gasteiger partial charge in [0, 0.05) is 0 Å². The van der Waals surface area contributed by atoms with Crippen molar-refractivity contribution in [2.75, 3.05) is 13.7 Å². The fraction of sp³-hybridized carbons (Fsp3) is 0.455. The van der Waals surface area contributed by atoms with E-state index < -0.39 is 0 Å². The number of rotatable bonds is 3. The van der Waals surface area contributed by atoms with Crippen LogP contribution in [0.4, 0.5) is 0 Å². The molecule has 13 heavy (non-hydrogen) atoms. The first-order valence-electron chi connectivity index (χ1n) is 4.53. The quantitative estimate of drug-likeness (QED) is 0.771. The summed E-state index contributed by atoms with van der Waals surface area (Å²) in [5, 5.41) is 0. The minimum atomic E-state index is 0.422. The molecule has 0 aliphatic heterocycles. The van der Waals surface area contributed by atoms with E-state index in [2.05, 4.69) is 19.9 Å². The van der Waals surface area contributed by atoms with Crippen LogP contribution in [0.3, 0.4) is 0 Å². The van der Waals surface area contributed by atoms with E-state index in [1.807, 2.05) is 12.1 Å². The smallest absolute Gasteiger partial charge is 0.119 e. The molecule has 0 aliphatic rings. The number of methoxy groups -OCH3 is 1. The van der Waals surface area contributed by atoms with Gasteiger partial charge in [0.05, 0.1) is 7.11 Å². The second-order valence-corrected chi connectivity index (χ2v) is 3.36. The minimum Gasteiger partial charge on any atom is -0.497 e. The van der Waals surface area contributed by atoms with E-state index >= 15 is 0 Å². The lowest BCUT2D eigenvalue weighted by molar-refractivity contribution is 0.414. The minimum absolute atomic E-state index is 0.422. The Bertz CT molecular complexity index is 283. The first-order valence-corrected chi connectivity index (χ1v) is 4.53. The van der Waals surface area contributed by atoms with Crippen LogP contribution in [0.15, 0.2) is 18.2 Å². The third-order valence-electron chi connectivity index (χ3n) is 2.36. The number of benzene rings is 1. The maximum Gasteiger partial charge on any atom is 0.119 e. The van der Waals surface area contributed by atoms with Gasteiger partial charge in [-0.05, 0) is 42.6 Å². The van der Waals surface area contributed by atoms with Crippen LogP contribution < -0.4 is 10.5 Å². The van der Waals surface area contributed by atoms with Crippen LogP contribution in [0.2, 0.25) is 0 Å². The van der Waals surface area contributed by atoms with Gasteiger partial charge in [0.2, 0.25) is 0 Å². The summed E-state index contributed by atoms with van der Waals surface area (Å²) in [4.78, 5) is 0. The Balaban J connectivity index is 2.98. The molecule has 0 bridgehead atoms. The Morgan fingerprint density at radius 3 is 2.62 bits per heavy atom. The van der Waals surface area contributed by atoms with E-state index in [9.17, 15) is 0 Å². The molecule has 0 spiro atoms. The van der Waals surface area contributed by atoms with Crippen molar-refractivity contribution in [3.63, 3.8) is 0 Å². The second kappa shape index (κ2) is 4.28. The zero-order valence-corrected chi connectivity index (χ0v) is 8.50. The molecule has 1 atom stereocenters. The lowest BCUT2D eigenvalue weighted by atomic mass is 9.96. The Kier molecular flexibility index (Phi) is 3.32. The van der Waals surface area contributed by atoms with Crippen molar-refractivity contribution in [3.05, 3.63) is 29.3 Å². The molecule has 0 saturated carbocycles. The number of aryl methyl sites for hydroxylation is 1. The van der Waals surface area contributed by atoms with Crippen molar-refractivity contribution in [2.45, 2.75) is 19.8 Å². The predicted octanol–water partition coefficient (Wildman–Crippen LogP) is 2.07. The molecule has 1 rings (SSSR count). The lowest BCUT2D eigenvalue weighted by Gasteiger charge is -2.13. The molecular weight excluding hydrogens is 162 g/mol. The van der Waals surface area contributed by atoms with Crippen LogP contribution in [-0.2, 0) is 0 Å². The molecule has 0 amide bonds. The molecule has 2 heteroatoms. The van der Waals surface area contributed by atoms with Gasteiger partial charge in [0.25, 0.3) is 0 Å². The summed E-state index contributed by atoms with van der Waals surface area (Å²) in [7, 11) is 1.68. The fourth-order valence-corrected chi connectivity index (χ4v) is 1.46. The molecule has 1 aromatic carbocycles. The highest BCUT2D eigenvalue weighted by atomic mass is 16.5. The molecule has 0 radical (unpaired) electrons. The second-order valence-electron chi connectivity index (χ2n) is 3.36. The largest absolute Gasteiger partial charge is 0.497 e. The van der Waals surface area contributed by atoms with Gasteiger partial charge in [-0.15, -0.1) is 0 Å². The summed E-state index contributed by atoms with van der Waals surface area (Å²) in [6, 6.07) is 6.11. The highest BCUT2D eigenvalue weighted by Crippen LogP contribution is 2.22. The van der Waals surface area contributed by atoms with Crippen LogP contribution >= 0.6 is 0 Å². The normalized spacial score (nSPS) is 12.6. The van der Waals surface area contributed by atoms with Crippen LogP contribution in [0.5, 0.6) is 5.75 Å². The highest BCUT2D eigenvalue weighted by Gasteiger charge is 2.06. The number of hydrogen-bond donors (Lipinski definition) is 1. The summed E-state index contributed by atoms with van der Waals surface area (Å²) in [6.07, 6.45) is 0. The molecule has 0 saturated heterocycles. The van der Waals surface area contributed by atoms with Crippen molar-refractivity contribution >= 4 is 0 Å². The van der Waals surface area contributed by atoms with Crippen LogP contribution in [0, 0.1) is 6.92 Å². The van der Waals surface area contributed by atoms with Gasteiger partial charge in [0.15, 0.2) is 0 Å². The average molecular weight is 179 g/mol. The van der Waals surface area contributed by atoms with Crippen molar-refractivity contribution in [1.82, 2.24) is 0 Å². The molecule has 1 aromatic rings. The van der Waals surface area contributed by atoms with Gasteiger partial charge in [-0.25, -0.2) is 0 Å². The molecule has 72 valence electrons. The maximum absolute atomic E-state index is 5.61. The monoisotopic (exact) mass is 179 g/mol. The van der Waals surface area contributed by atoms with Crippen LogP contribution in [0.1, 0.15) is 24.0 Å². The molecule has 2 N–H and O–H groups in total. The van der Waals surface area contributed by atoms with Crippen LogP contribution in [-0.4, -0.2) is 13.7 Å². The third kappa shape index (κ3) is 2.22. The van der Waals surface area contributed by atoms with Crippen LogP contribution in [0.25, 0.3) is 0 Å². The van der Waals surface area contributed by atoms with Crippen molar-refractivity contribution in [1.29, 1.82) is 0 Å². The Labute approximate surface area is 79.7 Å². The maximum atomic E-state index is 5.61. The first kappa shape index (κ1) is 10.1. The van der Waals surface area contributed by atoms with E-state index in [1.54, 1.807) is 7.11 Å². The zero-order valence-electron chi connectivity index (χ0n) is 8.50. The Morgan fingerprint density at radius 1 is 1.46 bits per heavy atom. The number of hydrogen-bond acceptors (Lipinski definition) is 2. The topological polar surface area (TPSA) is 35.2 Å². The van der Waals surface area contributed by atoms with E-state index in [1.165, 1.54) is 11.1 Å². The molecule has 0 aliphatic carbocycles. The molecule has 0 unspecified atom stereocenters. The molecule has 2 nitrogen and oxygen atoms in total. The number of ether oxygens (including phenoxy) is 1. The summed E-state index contributed by atoms with van der Waals surface area (Å²) in [5.41, 5.74) is 8.17. The molecule has 0 fully saturated rings. The Morgan fingerprint density at radius 2 is 2.15 bits per heavy atom. The molecule has 0 heterocycles. The first-order chi connectivity index (χ1) is 6.19. The summed E-state index contributed by atoms with van der Waals surface area (Å²) < 4.78 is 5.13. The van der Waals surface area contributed by atoms with Gasteiger partial charge in [-0.1, -0.05) is 13.0 Å². The van der Waals surface area contributed by atoms with Gasteiger partial charge in [0.1, 0.15) is 5.75 Å². The molecule has 0 aromatic heterocycles. The summed E-state index contributed by atoms with van der Waals surface area (Å²) in [6.45, 7) is 4.91. The summed E-state index contributed by atoms with van der Waals surface area (Å²) >= 11 is 0. The standard InChI is InChI=1S/C11H17NO/c1-8-6-10(13-3)4-5-11(8)9(2)7-12/h4-6,9H,7,12H2,1-3H3/t9-/m1/s1. The van der Waals surface area contributed by atoms with Crippen molar-refractivity contribution < 1.29 is 4.74 Å². The van der Waals surface area contributed by atoms with Crippen molar-refractivity contribution in [3.8, 4) is 5.75 Å². The number of nitrogens with two attached hydrogens (primary N) is 1. The predicted molar refractivity (Wildman–Crippen MR) is 55.2 cm³/mol. The average Bonchev–Trinajstić information content (AvgIpc) is 2.16. The van der Waals surface area contributed by atoms with E-state index in [-0.39, 0.29) is 0 Å². The van der Waals surface area contributed by atoms with Crippen molar-refractivity contribution in [2.24, 2.45) is 5.73 Å². The van der Waals surface area contributed by atoms with E-state index in [0.717, 1.165) is 5.75 Å². The Hall–Kier alpha value is -1.02. The van der Waals surface area contributed by atoms with Gasteiger partial charge >= 0.3 is 0 Å². The van der Waals surface area contributed by atoms with E-state index in [4.69, 9.17) is 10.5 Å². The highest BCUT2D eigenvalue weighted by molar-refractivity contribution is 5.36. The molecular formula is C11H17NO. The van der Waals surface area contributed by atoms with E-state index in [0.29, 0.717) is 12.5 Å². The van der Waals surface area contributed by atoms with Gasteiger partial charge in [-0.2, -0.15) is 0 Å². The fourth-order valence-electron chi connectivity index (χ4n) is 1.46. The third-order valence-corrected chi connectivity index (χ3v) is 2.36. The van der Waals surface area contributed by atoms with Gasteiger partial charge < -0.3 is 10.5 Å². The van der Waals surface area contributed by atoms with Gasteiger partial charge in [-0.3, -0.25) is 0 Å². The SMILES string of the molecule is COc1ccc([C@H](C)CN)c(C)c1. The summed E-state index contributed by atoms with van der Waals surface area (Å²) in [5.74, 6) is 1.33.